The van der Waals surface area contributed by atoms with Crippen molar-refractivity contribution in [2.24, 2.45) is 0 Å². The van der Waals surface area contributed by atoms with Gasteiger partial charge in [-0.25, -0.2) is 0 Å². The Labute approximate surface area is 168 Å². The van der Waals surface area contributed by atoms with Crippen molar-refractivity contribution in [3.63, 3.8) is 0 Å². The van der Waals surface area contributed by atoms with Crippen molar-refractivity contribution in [1.82, 2.24) is 9.97 Å². The maximum absolute atomic E-state index is 12.2. The van der Waals surface area contributed by atoms with Crippen LogP contribution in [-0.2, 0) is 17.2 Å². The quantitative estimate of drug-likeness (QED) is 0.592. The van der Waals surface area contributed by atoms with Gasteiger partial charge in [-0.2, -0.15) is 0 Å². The van der Waals surface area contributed by atoms with Crippen molar-refractivity contribution in [2.75, 3.05) is 18.2 Å². The first-order valence-electron chi connectivity index (χ1n) is 8.72. The Morgan fingerprint density at radius 3 is 2.79 bits per heavy atom. The number of nitrogens with zero attached hydrogens (tertiary/aromatic N) is 2. The topological polar surface area (TPSA) is 73.3 Å². The monoisotopic (exact) mass is 395 g/mol. The highest BCUT2D eigenvalue weighted by Gasteiger charge is 2.09. The van der Waals surface area contributed by atoms with E-state index < -0.39 is 0 Å². The SMILES string of the molecule is COc1ccc(NC(=O)CSCc2ccccn2)cc1OCc1cccnc1. The lowest BCUT2D eigenvalue weighted by molar-refractivity contribution is -0.113. The van der Waals surface area contributed by atoms with Gasteiger partial charge in [0.25, 0.3) is 0 Å². The van der Waals surface area contributed by atoms with Crippen LogP contribution in [0.3, 0.4) is 0 Å². The summed E-state index contributed by atoms with van der Waals surface area (Å²) in [5.74, 6) is 2.12. The molecule has 1 N–H and O–H groups in total. The number of hydrogen-bond acceptors (Lipinski definition) is 6. The second-order valence-electron chi connectivity index (χ2n) is 5.88. The van der Waals surface area contributed by atoms with Crippen molar-refractivity contribution in [3.8, 4) is 11.5 Å². The molecule has 0 radical (unpaired) electrons. The molecule has 1 amide bonds. The van der Waals surface area contributed by atoms with Gasteiger partial charge < -0.3 is 14.8 Å². The normalized spacial score (nSPS) is 10.3. The minimum absolute atomic E-state index is 0.0793. The van der Waals surface area contributed by atoms with Crippen LogP contribution >= 0.6 is 11.8 Å². The molecule has 2 heterocycles. The van der Waals surface area contributed by atoms with Gasteiger partial charge in [0.05, 0.1) is 18.6 Å². The lowest BCUT2D eigenvalue weighted by atomic mass is 10.2. The lowest BCUT2D eigenvalue weighted by Crippen LogP contribution is -2.14. The van der Waals surface area contributed by atoms with E-state index in [0.29, 0.717) is 35.3 Å². The summed E-state index contributed by atoms with van der Waals surface area (Å²) in [6.07, 6.45) is 5.21. The second kappa shape index (κ2) is 10.3. The van der Waals surface area contributed by atoms with E-state index in [9.17, 15) is 4.79 Å². The third-order valence-electron chi connectivity index (χ3n) is 3.77. The number of nitrogens with one attached hydrogen (secondary N) is 1. The zero-order valence-corrected chi connectivity index (χ0v) is 16.3. The molecule has 28 heavy (non-hydrogen) atoms. The van der Waals surface area contributed by atoms with Gasteiger partial charge in [0.15, 0.2) is 11.5 Å². The molecular weight excluding hydrogens is 374 g/mol. The van der Waals surface area contributed by atoms with E-state index in [2.05, 4.69) is 15.3 Å². The Kier molecular flexibility index (Phi) is 7.26. The molecule has 0 spiro atoms. The van der Waals surface area contributed by atoms with Crippen LogP contribution in [0.15, 0.2) is 67.1 Å². The molecule has 144 valence electrons. The number of pyridine rings is 2. The van der Waals surface area contributed by atoms with Crippen LogP contribution in [0.2, 0.25) is 0 Å². The van der Waals surface area contributed by atoms with Gasteiger partial charge in [0, 0.05) is 41.7 Å². The number of amides is 1. The maximum Gasteiger partial charge on any atom is 0.234 e. The third-order valence-corrected chi connectivity index (χ3v) is 4.74. The molecule has 2 aromatic heterocycles. The number of aromatic nitrogens is 2. The number of carbonyl (C=O) groups is 1. The summed E-state index contributed by atoms with van der Waals surface area (Å²) in [5, 5.41) is 2.89. The molecule has 0 aliphatic heterocycles. The fraction of sp³-hybridized carbons (Fsp3) is 0.190. The van der Waals surface area contributed by atoms with Gasteiger partial charge in [-0.3, -0.25) is 14.8 Å². The molecule has 0 aliphatic rings. The Balaban J connectivity index is 1.55. The van der Waals surface area contributed by atoms with Gasteiger partial charge in [-0.15, -0.1) is 11.8 Å². The minimum Gasteiger partial charge on any atom is -0.493 e. The summed E-state index contributed by atoms with van der Waals surface area (Å²) >= 11 is 1.52. The number of anilines is 1. The number of thioether (sulfide) groups is 1. The van der Waals surface area contributed by atoms with Crippen LogP contribution in [0.4, 0.5) is 5.69 Å². The third kappa shape index (κ3) is 5.99. The van der Waals surface area contributed by atoms with Crippen LogP contribution in [0.5, 0.6) is 11.5 Å². The molecule has 7 heteroatoms. The van der Waals surface area contributed by atoms with Crippen LogP contribution in [0.1, 0.15) is 11.3 Å². The number of methoxy groups -OCH3 is 1. The maximum atomic E-state index is 12.2. The summed E-state index contributed by atoms with van der Waals surface area (Å²) in [6.45, 7) is 0.363. The average Bonchev–Trinajstić information content (AvgIpc) is 2.74. The number of hydrogen-bond donors (Lipinski definition) is 1. The van der Waals surface area contributed by atoms with Gasteiger partial charge in [-0.05, 0) is 30.3 Å². The highest BCUT2D eigenvalue weighted by Crippen LogP contribution is 2.31. The smallest absolute Gasteiger partial charge is 0.234 e. The zero-order chi connectivity index (χ0) is 19.6. The predicted octanol–water partition coefficient (Wildman–Crippen LogP) is 3.94. The number of benzene rings is 1. The largest absolute Gasteiger partial charge is 0.493 e. The molecule has 0 atom stereocenters. The van der Waals surface area contributed by atoms with Crippen LogP contribution in [0, 0.1) is 0 Å². The van der Waals surface area contributed by atoms with E-state index in [1.165, 1.54) is 11.8 Å². The number of ether oxygens (including phenoxy) is 2. The van der Waals surface area contributed by atoms with Gasteiger partial charge in [0.2, 0.25) is 5.91 Å². The van der Waals surface area contributed by atoms with Crippen molar-refractivity contribution in [1.29, 1.82) is 0 Å². The van der Waals surface area contributed by atoms with Crippen molar-refractivity contribution < 1.29 is 14.3 Å². The molecule has 1 aromatic carbocycles. The molecule has 0 saturated carbocycles. The van der Waals surface area contributed by atoms with Crippen molar-refractivity contribution in [3.05, 3.63) is 78.4 Å². The summed E-state index contributed by atoms with van der Waals surface area (Å²) in [7, 11) is 1.58. The van der Waals surface area contributed by atoms with E-state index >= 15 is 0 Å². The Bertz CT molecular complexity index is 892. The van der Waals surface area contributed by atoms with E-state index in [1.54, 1.807) is 43.9 Å². The van der Waals surface area contributed by atoms with E-state index in [1.807, 2.05) is 30.3 Å². The molecule has 0 unspecified atom stereocenters. The summed E-state index contributed by atoms with van der Waals surface area (Å²) in [5.41, 5.74) is 2.56. The summed E-state index contributed by atoms with van der Waals surface area (Å²) in [4.78, 5) is 20.5. The first-order chi connectivity index (χ1) is 13.7. The van der Waals surface area contributed by atoms with E-state index in [4.69, 9.17) is 9.47 Å². The van der Waals surface area contributed by atoms with Crippen molar-refractivity contribution >= 4 is 23.4 Å². The summed E-state index contributed by atoms with van der Waals surface area (Å²) < 4.78 is 11.2. The zero-order valence-electron chi connectivity index (χ0n) is 15.5. The number of carbonyl (C=O) groups excluding carboxylic acids is 1. The summed E-state index contributed by atoms with van der Waals surface area (Å²) in [6, 6.07) is 14.9. The highest BCUT2D eigenvalue weighted by molar-refractivity contribution is 7.99. The molecule has 3 aromatic rings. The molecule has 0 saturated heterocycles. The standard InChI is InChI=1S/C21H21N3O3S/c1-26-19-8-7-17(11-20(19)27-13-16-5-4-9-22-12-16)24-21(25)15-28-14-18-6-2-3-10-23-18/h2-12H,13-15H2,1H3,(H,24,25). The minimum atomic E-state index is -0.0793. The first kappa shape index (κ1) is 19.7. The van der Waals surface area contributed by atoms with Gasteiger partial charge in [-0.1, -0.05) is 12.1 Å². The molecular formula is C21H21N3O3S. The second-order valence-corrected chi connectivity index (χ2v) is 6.86. The van der Waals surface area contributed by atoms with Gasteiger partial charge in [0.1, 0.15) is 6.61 Å². The molecule has 0 fully saturated rings. The molecule has 0 bridgehead atoms. The van der Waals surface area contributed by atoms with E-state index in [-0.39, 0.29) is 5.91 Å². The highest BCUT2D eigenvalue weighted by atomic mass is 32.2. The Morgan fingerprint density at radius 2 is 2.04 bits per heavy atom. The van der Waals surface area contributed by atoms with Crippen LogP contribution in [0.25, 0.3) is 0 Å². The molecule has 6 nitrogen and oxygen atoms in total. The van der Waals surface area contributed by atoms with Crippen LogP contribution in [-0.4, -0.2) is 28.7 Å². The van der Waals surface area contributed by atoms with E-state index in [0.717, 1.165) is 11.3 Å². The van der Waals surface area contributed by atoms with Crippen LogP contribution < -0.4 is 14.8 Å². The first-order valence-corrected chi connectivity index (χ1v) is 9.87. The fourth-order valence-electron chi connectivity index (χ4n) is 2.44. The Hall–Kier alpha value is -3.06. The molecule has 0 aliphatic carbocycles. The van der Waals surface area contributed by atoms with Crippen molar-refractivity contribution in [2.45, 2.75) is 12.4 Å². The number of rotatable bonds is 9. The Morgan fingerprint density at radius 1 is 1.11 bits per heavy atom. The van der Waals surface area contributed by atoms with Gasteiger partial charge >= 0.3 is 0 Å². The molecule has 3 rings (SSSR count). The predicted molar refractivity (Wildman–Crippen MR) is 111 cm³/mol. The lowest BCUT2D eigenvalue weighted by Gasteiger charge is -2.13. The fourth-order valence-corrected chi connectivity index (χ4v) is 3.18. The average molecular weight is 395 g/mol.